The first kappa shape index (κ1) is 14.0. The van der Waals surface area contributed by atoms with Gasteiger partial charge >= 0.3 is 0 Å². The van der Waals surface area contributed by atoms with E-state index in [9.17, 15) is 0 Å². The zero-order chi connectivity index (χ0) is 15.0. The molecule has 0 aliphatic rings. The molecule has 3 nitrogen and oxygen atoms in total. The van der Waals surface area contributed by atoms with Crippen LogP contribution in [0.1, 0.15) is 16.7 Å². The molecule has 0 unspecified atom stereocenters. The van der Waals surface area contributed by atoms with Gasteiger partial charge < -0.3 is 0 Å². The van der Waals surface area contributed by atoms with Crippen LogP contribution in [0.15, 0.2) is 47.2 Å². The van der Waals surface area contributed by atoms with Crippen LogP contribution >= 0.6 is 15.9 Å². The van der Waals surface area contributed by atoms with Gasteiger partial charge in [0.15, 0.2) is 5.82 Å². The maximum Gasteiger partial charge on any atom is 0.218 e. The number of hydrogen-bond acceptors (Lipinski definition) is 2. The maximum atomic E-state index is 4.53. The van der Waals surface area contributed by atoms with E-state index >= 15 is 0 Å². The van der Waals surface area contributed by atoms with Crippen molar-refractivity contribution in [2.45, 2.75) is 20.8 Å². The predicted octanol–water partition coefficient (Wildman–Crippen LogP) is 4.62. The van der Waals surface area contributed by atoms with E-state index < -0.39 is 0 Å². The van der Waals surface area contributed by atoms with E-state index in [0.29, 0.717) is 4.73 Å². The van der Waals surface area contributed by atoms with Crippen LogP contribution in [0, 0.1) is 20.8 Å². The highest BCUT2D eigenvalue weighted by molar-refractivity contribution is 9.10. The van der Waals surface area contributed by atoms with Crippen LogP contribution in [0.2, 0.25) is 0 Å². The van der Waals surface area contributed by atoms with Gasteiger partial charge in [-0.15, -0.1) is 5.10 Å². The van der Waals surface area contributed by atoms with E-state index in [-0.39, 0.29) is 0 Å². The SMILES string of the molecule is Cc1cc(C)c(-n2nc(Br)nc2-c2ccccc2)c(C)c1. The van der Waals surface area contributed by atoms with Gasteiger partial charge in [-0.2, -0.15) is 0 Å². The highest BCUT2D eigenvalue weighted by atomic mass is 79.9. The smallest absolute Gasteiger partial charge is 0.212 e. The second-order valence-electron chi connectivity index (χ2n) is 5.23. The van der Waals surface area contributed by atoms with Gasteiger partial charge in [-0.25, -0.2) is 9.67 Å². The maximum absolute atomic E-state index is 4.53. The lowest BCUT2D eigenvalue weighted by Crippen LogP contribution is -2.05. The van der Waals surface area contributed by atoms with Crippen LogP contribution in [0.25, 0.3) is 17.1 Å². The molecule has 0 atom stereocenters. The van der Waals surface area contributed by atoms with Crippen molar-refractivity contribution in [1.29, 1.82) is 0 Å². The van der Waals surface area contributed by atoms with Crippen molar-refractivity contribution >= 4 is 15.9 Å². The van der Waals surface area contributed by atoms with Crippen molar-refractivity contribution < 1.29 is 0 Å². The summed E-state index contributed by atoms with van der Waals surface area (Å²) < 4.78 is 2.52. The molecule has 0 aliphatic carbocycles. The van der Waals surface area contributed by atoms with E-state index in [4.69, 9.17) is 0 Å². The molecule has 0 spiro atoms. The molecular formula is C17H16BrN3. The standard InChI is InChI=1S/C17H16BrN3/c1-11-9-12(2)15(13(3)10-11)21-16(19-17(18)20-21)14-7-5-4-6-8-14/h4-10H,1-3H3. The molecule has 0 fully saturated rings. The lowest BCUT2D eigenvalue weighted by molar-refractivity contribution is 0.861. The number of benzene rings is 2. The van der Waals surface area contributed by atoms with E-state index in [2.05, 4.69) is 58.9 Å². The first-order valence-corrected chi connectivity index (χ1v) is 7.62. The van der Waals surface area contributed by atoms with Gasteiger partial charge in [0, 0.05) is 5.56 Å². The lowest BCUT2D eigenvalue weighted by atomic mass is 10.0. The molecule has 0 radical (unpaired) electrons. The average molecular weight is 342 g/mol. The largest absolute Gasteiger partial charge is 0.218 e. The van der Waals surface area contributed by atoms with E-state index in [1.165, 1.54) is 16.7 Å². The first-order valence-electron chi connectivity index (χ1n) is 6.82. The highest BCUT2D eigenvalue weighted by Gasteiger charge is 2.15. The summed E-state index contributed by atoms with van der Waals surface area (Å²) in [6.45, 7) is 6.33. The molecule has 0 N–H and O–H groups in total. The highest BCUT2D eigenvalue weighted by Crippen LogP contribution is 2.27. The molecule has 4 heteroatoms. The minimum atomic E-state index is 0.598. The fourth-order valence-electron chi connectivity index (χ4n) is 2.72. The summed E-state index contributed by atoms with van der Waals surface area (Å²) in [4.78, 5) is 4.53. The van der Waals surface area contributed by atoms with Crippen molar-refractivity contribution in [1.82, 2.24) is 14.8 Å². The second kappa shape index (κ2) is 5.45. The molecule has 2 aromatic carbocycles. The van der Waals surface area contributed by atoms with Crippen LogP contribution in [0.4, 0.5) is 0 Å². The number of hydrogen-bond donors (Lipinski definition) is 0. The Morgan fingerprint density at radius 3 is 2.19 bits per heavy atom. The molecule has 21 heavy (non-hydrogen) atoms. The van der Waals surface area contributed by atoms with E-state index in [1.807, 2.05) is 35.0 Å². The predicted molar refractivity (Wildman–Crippen MR) is 88.7 cm³/mol. The van der Waals surface area contributed by atoms with Crippen LogP contribution in [-0.4, -0.2) is 14.8 Å². The van der Waals surface area contributed by atoms with E-state index in [0.717, 1.165) is 17.1 Å². The third-order valence-electron chi connectivity index (χ3n) is 3.46. The molecule has 0 saturated carbocycles. The average Bonchev–Trinajstić information content (AvgIpc) is 2.80. The van der Waals surface area contributed by atoms with Crippen LogP contribution in [0.5, 0.6) is 0 Å². The Morgan fingerprint density at radius 1 is 0.952 bits per heavy atom. The minimum Gasteiger partial charge on any atom is -0.212 e. The zero-order valence-electron chi connectivity index (χ0n) is 12.3. The number of nitrogens with zero attached hydrogens (tertiary/aromatic N) is 3. The third-order valence-corrected chi connectivity index (χ3v) is 3.80. The Morgan fingerprint density at radius 2 is 1.57 bits per heavy atom. The Labute approximate surface area is 132 Å². The van der Waals surface area contributed by atoms with E-state index in [1.54, 1.807) is 0 Å². The summed E-state index contributed by atoms with van der Waals surface area (Å²) in [7, 11) is 0. The topological polar surface area (TPSA) is 30.7 Å². The zero-order valence-corrected chi connectivity index (χ0v) is 13.8. The summed E-state index contributed by atoms with van der Waals surface area (Å²) in [5, 5.41) is 4.53. The van der Waals surface area contributed by atoms with Crippen molar-refractivity contribution in [3.8, 4) is 17.1 Å². The summed E-state index contributed by atoms with van der Waals surface area (Å²) in [6.07, 6.45) is 0. The molecule has 3 rings (SSSR count). The van der Waals surface area contributed by atoms with Gasteiger partial charge in [0.05, 0.1) is 5.69 Å². The molecule has 0 bridgehead atoms. The summed E-state index contributed by atoms with van der Waals surface area (Å²) >= 11 is 3.40. The fourth-order valence-corrected chi connectivity index (χ4v) is 3.05. The van der Waals surface area contributed by atoms with Crippen molar-refractivity contribution in [2.75, 3.05) is 0 Å². The molecule has 1 heterocycles. The Bertz CT molecular complexity index is 768. The molecule has 0 amide bonds. The number of aryl methyl sites for hydroxylation is 3. The van der Waals surface area contributed by atoms with Gasteiger partial charge in [0.1, 0.15) is 0 Å². The minimum absolute atomic E-state index is 0.598. The Kier molecular flexibility index (Phi) is 3.64. The molecule has 3 aromatic rings. The Hall–Kier alpha value is -1.94. The quantitative estimate of drug-likeness (QED) is 0.680. The lowest BCUT2D eigenvalue weighted by Gasteiger charge is -2.13. The number of halogens is 1. The normalized spacial score (nSPS) is 10.9. The number of aromatic nitrogens is 3. The van der Waals surface area contributed by atoms with Gasteiger partial charge in [0.2, 0.25) is 4.73 Å². The molecular weight excluding hydrogens is 326 g/mol. The molecule has 106 valence electrons. The van der Waals surface area contributed by atoms with Gasteiger partial charge in [-0.1, -0.05) is 48.0 Å². The second-order valence-corrected chi connectivity index (χ2v) is 5.94. The van der Waals surface area contributed by atoms with Crippen LogP contribution in [-0.2, 0) is 0 Å². The van der Waals surface area contributed by atoms with Gasteiger partial charge in [-0.05, 0) is 47.8 Å². The summed E-state index contributed by atoms with van der Waals surface area (Å²) in [5.41, 5.74) is 5.80. The molecule has 0 aliphatic heterocycles. The molecule has 0 saturated heterocycles. The summed E-state index contributed by atoms with van der Waals surface area (Å²) in [5.74, 6) is 0.845. The van der Waals surface area contributed by atoms with Crippen molar-refractivity contribution in [3.63, 3.8) is 0 Å². The number of rotatable bonds is 2. The van der Waals surface area contributed by atoms with Crippen molar-refractivity contribution in [3.05, 3.63) is 63.9 Å². The Balaban J connectivity index is 2.26. The fraction of sp³-hybridized carbons (Fsp3) is 0.176. The third kappa shape index (κ3) is 2.63. The van der Waals surface area contributed by atoms with Crippen LogP contribution < -0.4 is 0 Å². The monoisotopic (exact) mass is 341 g/mol. The molecule has 1 aromatic heterocycles. The summed E-state index contributed by atoms with van der Waals surface area (Å²) in [6, 6.07) is 14.5. The van der Waals surface area contributed by atoms with Crippen LogP contribution in [0.3, 0.4) is 0 Å². The van der Waals surface area contributed by atoms with Gasteiger partial charge in [-0.3, -0.25) is 0 Å². The van der Waals surface area contributed by atoms with Gasteiger partial charge in [0.25, 0.3) is 0 Å². The first-order chi connectivity index (χ1) is 10.1. The van der Waals surface area contributed by atoms with Crippen molar-refractivity contribution in [2.24, 2.45) is 0 Å².